The molecule has 4 heteroatoms. The zero-order valence-corrected chi connectivity index (χ0v) is 12.5. The van der Waals surface area contributed by atoms with E-state index in [-0.39, 0.29) is 0 Å². The van der Waals surface area contributed by atoms with Crippen molar-refractivity contribution in [3.05, 3.63) is 12.2 Å². The highest BCUT2D eigenvalue weighted by Gasteiger charge is 2.54. The molecule has 0 amide bonds. The van der Waals surface area contributed by atoms with E-state index in [4.69, 9.17) is 5.73 Å². The van der Waals surface area contributed by atoms with E-state index in [1.54, 1.807) is 0 Å². The first-order valence-corrected chi connectivity index (χ1v) is 8.32. The third-order valence-electron chi connectivity index (χ3n) is 6.36. The lowest BCUT2D eigenvalue weighted by molar-refractivity contribution is -0.0690. The summed E-state index contributed by atoms with van der Waals surface area (Å²) >= 11 is 0. The predicted molar refractivity (Wildman–Crippen MR) is 78.1 cm³/mol. The summed E-state index contributed by atoms with van der Waals surface area (Å²) < 4.78 is 2.20. The average molecular weight is 274 g/mol. The Balaban J connectivity index is 1.71. The maximum Gasteiger partial charge on any atom is 0.137 e. The monoisotopic (exact) mass is 274 g/mol. The largest absolute Gasteiger partial charge is 0.330 e. The van der Waals surface area contributed by atoms with Gasteiger partial charge in [-0.3, -0.25) is 0 Å². The lowest BCUT2D eigenvalue weighted by Crippen LogP contribution is -2.50. The molecule has 1 aromatic heterocycles. The average Bonchev–Trinajstić information content (AvgIpc) is 2.85. The highest BCUT2D eigenvalue weighted by atomic mass is 15.3. The van der Waals surface area contributed by atoms with Gasteiger partial charge in [0.1, 0.15) is 12.2 Å². The molecule has 0 aromatic carbocycles. The molecular weight excluding hydrogens is 248 g/mol. The molecule has 20 heavy (non-hydrogen) atoms. The van der Waals surface area contributed by atoms with Gasteiger partial charge in [0.05, 0.1) is 0 Å². The SMILES string of the molecule is CCn1cnnc1C(CN)C12CC3CC(CC(C3)C1)C2. The van der Waals surface area contributed by atoms with E-state index in [1.165, 1.54) is 38.5 Å². The van der Waals surface area contributed by atoms with Crippen LogP contribution in [0.15, 0.2) is 6.33 Å². The molecule has 4 nitrogen and oxygen atoms in total. The van der Waals surface area contributed by atoms with Crippen LogP contribution in [0.4, 0.5) is 0 Å². The fourth-order valence-electron chi connectivity index (χ4n) is 6.01. The fraction of sp³-hybridized carbons (Fsp3) is 0.875. The van der Waals surface area contributed by atoms with Crippen LogP contribution in [0.25, 0.3) is 0 Å². The van der Waals surface area contributed by atoms with Gasteiger partial charge < -0.3 is 10.3 Å². The van der Waals surface area contributed by atoms with Crippen molar-refractivity contribution in [3.63, 3.8) is 0 Å². The van der Waals surface area contributed by atoms with E-state index in [0.717, 1.165) is 36.7 Å². The molecule has 0 saturated heterocycles. The van der Waals surface area contributed by atoms with Crippen molar-refractivity contribution in [2.75, 3.05) is 6.54 Å². The van der Waals surface area contributed by atoms with Crippen LogP contribution in [0, 0.1) is 23.2 Å². The van der Waals surface area contributed by atoms with Gasteiger partial charge in [0.2, 0.25) is 0 Å². The molecule has 4 aliphatic rings. The second-order valence-electron chi connectivity index (χ2n) is 7.54. The highest BCUT2D eigenvalue weighted by molar-refractivity contribution is 5.13. The van der Waals surface area contributed by atoms with Crippen molar-refractivity contribution in [2.45, 2.75) is 57.9 Å². The van der Waals surface area contributed by atoms with Crippen LogP contribution in [0.3, 0.4) is 0 Å². The van der Waals surface area contributed by atoms with Crippen LogP contribution in [0.5, 0.6) is 0 Å². The fourth-order valence-corrected chi connectivity index (χ4v) is 6.01. The number of aryl methyl sites for hydroxylation is 1. The molecule has 4 bridgehead atoms. The normalized spacial score (nSPS) is 40.2. The Morgan fingerprint density at radius 2 is 1.85 bits per heavy atom. The first-order chi connectivity index (χ1) is 9.74. The first-order valence-electron chi connectivity index (χ1n) is 8.32. The van der Waals surface area contributed by atoms with Gasteiger partial charge in [-0.1, -0.05) is 0 Å². The summed E-state index contributed by atoms with van der Waals surface area (Å²) in [7, 11) is 0. The minimum atomic E-state index is 0.415. The standard InChI is InChI=1S/C16H26N4/c1-2-20-10-18-19-15(20)14(9-17)16-6-11-3-12(7-16)5-13(4-11)8-16/h10-14H,2-9,17H2,1H3. The van der Waals surface area contributed by atoms with Crippen LogP contribution in [-0.2, 0) is 6.54 Å². The van der Waals surface area contributed by atoms with Crippen LogP contribution in [0.1, 0.15) is 57.2 Å². The second-order valence-corrected chi connectivity index (χ2v) is 7.54. The molecule has 4 fully saturated rings. The van der Waals surface area contributed by atoms with E-state index in [1.807, 2.05) is 6.33 Å². The van der Waals surface area contributed by atoms with E-state index in [0.29, 0.717) is 11.3 Å². The smallest absolute Gasteiger partial charge is 0.137 e. The third-order valence-corrected chi connectivity index (χ3v) is 6.36. The summed E-state index contributed by atoms with van der Waals surface area (Å²) in [5.74, 6) is 4.46. The van der Waals surface area contributed by atoms with Gasteiger partial charge in [-0.05, 0) is 68.6 Å². The van der Waals surface area contributed by atoms with Gasteiger partial charge in [0.25, 0.3) is 0 Å². The summed E-state index contributed by atoms with van der Waals surface area (Å²) in [5, 5.41) is 8.60. The Bertz CT molecular complexity index is 457. The number of aromatic nitrogens is 3. The predicted octanol–water partition coefficient (Wildman–Crippen LogP) is 2.56. The number of hydrogen-bond donors (Lipinski definition) is 1. The minimum absolute atomic E-state index is 0.415. The van der Waals surface area contributed by atoms with Crippen molar-refractivity contribution in [3.8, 4) is 0 Å². The van der Waals surface area contributed by atoms with Gasteiger partial charge in [-0.2, -0.15) is 0 Å². The maximum absolute atomic E-state index is 6.23. The third kappa shape index (κ3) is 1.77. The quantitative estimate of drug-likeness (QED) is 0.918. The molecule has 2 N–H and O–H groups in total. The van der Waals surface area contributed by atoms with Crippen molar-refractivity contribution < 1.29 is 0 Å². The zero-order valence-electron chi connectivity index (χ0n) is 12.5. The zero-order chi connectivity index (χ0) is 13.7. The lowest BCUT2D eigenvalue weighted by atomic mass is 9.46. The number of nitrogens with two attached hydrogens (primary N) is 1. The molecule has 0 spiro atoms. The summed E-state index contributed by atoms with van der Waals surface area (Å²) in [6.45, 7) is 3.84. The van der Waals surface area contributed by atoms with E-state index >= 15 is 0 Å². The number of hydrogen-bond acceptors (Lipinski definition) is 3. The molecule has 5 rings (SSSR count). The summed E-state index contributed by atoms with van der Waals surface area (Å²) in [4.78, 5) is 0. The minimum Gasteiger partial charge on any atom is -0.330 e. The molecule has 4 aliphatic carbocycles. The van der Waals surface area contributed by atoms with Gasteiger partial charge in [0, 0.05) is 19.0 Å². The van der Waals surface area contributed by atoms with Crippen LogP contribution < -0.4 is 5.73 Å². The summed E-state index contributed by atoms with van der Waals surface area (Å²) in [5.41, 5.74) is 6.66. The van der Waals surface area contributed by atoms with Crippen LogP contribution in [-0.4, -0.2) is 21.3 Å². The first kappa shape index (κ1) is 12.8. The second kappa shape index (κ2) is 4.55. The van der Waals surface area contributed by atoms with Gasteiger partial charge >= 0.3 is 0 Å². The topological polar surface area (TPSA) is 56.7 Å². The van der Waals surface area contributed by atoms with Crippen LogP contribution in [0.2, 0.25) is 0 Å². The number of nitrogens with zero attached hydrogens (tertiary/aromatic N) is 3. The molecule has 110 valence electrons. The Morgan fingerprint density at radius 3 is 2.35 bits per heavy atom. The van der Waals surface area contributed by atoms with Crippen molar-refractivity contribution in [1.29, 1.82) is 0 Å². The Hall–Kier alpha value is -0.900. The van der Waals surface area contributed by atoms with Crippen molar-refractivity contribution in [2.24, 2.45) is 28.9 Å². The molecule has 4 saturated carbocycles. The van der Waals surface area contributed by atoms with Crippen molar-refractivity contribution in [1.82, 2.24) is 14.8 Å². The molecule has 0 radical (unpaired) electrons. The maximum atomic E-state index is 6.23. The van der Waals surface area contributed by atoms with Gasteiger partial charge in [0.15, 0.2) is 0 Å². The Kier molecular flexibility index (Phi) is 2.92. The molecule has 1 atom stereocenters. The van der Waals surface area contributed by atoms with E-state index in [2.05, 4.69) is 21.7 Å². The van der Waals surface area contributed by atoms with E-state index in [9.17, 15) is 0 Å². The van der Waals surface area contributed by atoms with Crippen LogP contribution >= 0.6 is 0 Å². The Labute approximate surface area is 121 Å². The molecule has 1 unspecified atom stereocenters. The highest BCUT2D eigenvalue weighted by Crippen LogP contribution is 2.64. The van der Waals surface area contributed by atoms with Gasteiger partial charge in [-0.15, -0.1) is 10.2 Å². The Morgan fingerprint density at radius 1 is 1.25 bits per heavy atom. The molecular formula is C16H26N4. The summed E-state index contributed by atoms with van der Waals surface area (Å²) in [6.07, 6.45) is 10.5. The number of rotatable bonds is 4. The molecule has 1 heterocycles. The molecule has 1 aromatic rings. The van der Waals surface area contributed by atoms with Crippen molar-refractivity contribution >= 4 is 0 Å². The lowest BCUT2D eigenvalue weighted by Gasteiger charge is -2.59. The summed E-state index contributed by atoms with van der Waals surface area (Å²) in [6, 6.07) is 0. The van der Waals surface area contributed by atoms with Gasteiger partial charge in [-0.25, -0.2) is 0 Å². The molecule has 0 aliphatic heterocycles. The van der Waals surface area contributed by atoms with E-state index < -0.39 is 0 Å².